The molecule has 19 heavy (non-hydrogen) atoms. The molecule has 0 saturated carbocycles. The van der Waals surface area contributed by atoms with E-state index in [9.17, 15) is 14.4 Å². The third-order valence-corrected chi connectivity index (χ3v) is 2.48. The van der Waals surface area contributed by atoms with Crippen LogP contribution in [0.3, 0.4) is 0 Å². The molecule has 0 fully saturated rings. The number of carbonyl (C=O) groups excluding carboxylic acids is 2. The smallest absolute Gasteiger partial charge is 0.308 e. The van der Waals surface area contributed by atoms with Gasteiger partial charge in [-0.2, -0.15) is 0 Å². The second-order valence-electron chi connectivity index (χ2n) is 3.71. The number of esters is 1. The van der Waals surface area contributed by atoms with Crippen LogP contribution < -0.4 is 14.9 Å². The minimum absolute atomic E-state index is 0.0158. The van der Waals surface area contributed by atoms with Gasteiger partial charge in [0.15, 0.2) is 17.6 Å². The third kappa shape index (κ3) is 2.20. The summed E-state index contributed by atoms with van der Waals surface area (Å²) in [7, 11) is 1.39. The van der Waals surface area contributed by atoms with Crippen molar-refractivity contribution in [2.24, 2.45) is 0 Å². The molecule has 98 valence electrons. The maximum absolute atomic E-state index is 11.9. The summed E-state index contributed by atoms with van der Waals surface area (Å²) in [6.07, 6.45) is 1.42. The number of hydrogen-bond acceptors (Lipinski definition) is 6. The molecule has 1 heterocycles. The molecule has 0 N–H and O–H groups in total. The third-order valence-electron chi connectivity index (χ3n) is 2.48. The highest BCUT2D eigenvalue weighted by molar-refractivity contribution is 5.90. The van der Waals surface area contributed by atoms with Gasteiger partial charge in [-0.15, -0.1) is 0 Å². The van der Waals surface area contributed by atoms with Crippen molar-refractivity contribution in [1.82, 2.24) is 0 Å². The molecule has 0 radical (unpaired) electrons. The lowest BCUT2D eigenvalue weighted by Gasteiger charge is -2.09. The Morgan fingerprint density at radius 2 is 2.11 bits per heavy atom. The van der Waals surface area contributed by atoms with Crippen molar-refractivity contribution in [1.29, 1.82) is 0 Å². The van der Waals surface area contributed by atoms with Crippen LogP contribution in [0.1, 0.15) is 17.3 Å². The van der Waals surface area contributed by atoms with E-state index < -0.39 is 11.4 Å². The summed E-state index contributed by atoms with van der Waals surface area (Å²) in [6, 6.07) is 2.91. The summed E-state index contributed by atoms with van der Waals surface area (Å²) in [5.41, 5.74) is -0.538. The van der Waals surface area contributed by atoms with Crippen molar-refractivity contribution in [3.05, 3.63) is 34.2 Å². The Morgan fingerprint density at radius 3 is 2.68 bits per heavy atom. The minimum Gasteiger partial charge on any atom is -0.493 e. The normalized spacial score (nSPS) is 10.2. The Balaban J connectivity index is 2.82. The molecule has 0 aliphatic heterocycles. The van der Waals surface area contributed by atoms with E-state index in [2.05, 4.69) is 0 Å². The number of aldehydes is 1. The van der Waals surface area contributed by atoms with E-state index in [1.54, 1.807) is 0 Å². The van der Waals surface area contributed by atoms with Crippen LogP contribution in [-0.4, -0.2) is 19.4 Å². The molecule has 0 unspecified atom stereocenters. The molecular formula is C13H10O6. The Kier molecular flexibility index (Phi) is 3.33. The van der Waals surface area contributed by atoms with E-state index in [1.807, 2.05) is 0 Å². The average molecular weight is 262 g/mol. The lowest BCUT2D eigenvalue weighted by atomic mass is 10.1. The summed E-state index contributed by atoms with van der Waals surface area (Å²) in [6.45, 7) is 1.22. The summed E-state index contributed by atoms with van der Waals surface area (Å²) < 4.78 is 15.2. The Labute approximate surface area is 107 Å². The van der Waals surface area contributed by atoms with Gasteiger partial charge in [-0.25, -0.2) is 0 Å². The van der Waals surface area contributed by atoms with E-state index >= 15 is 0 Å². The first kappa shape index (κ1) is 12.8. The second kappa shape index (κ2) is 4.93. The van der Waals surface area contributed by atoms with Gasteiger partial charge >= 0.3 is 5.97 Å². The molecule has 6 nitrogen and oxygen atoms in total. The number of methoxy groups -OCH3 is 1. The van der Waals surface area contributed by atoms with Gasteiger partial charge in [0, 0.05) is 6.92 Å². The molecule has 2 rings (SSSR count). The first-order valence-corrected chi connectivity index (χ1v) is 5.34. The van der Waals surface area contributed by atoms with Gasteiger partial charge in [0.25, 0.3) is 0 Å². The van der Waals surface area contributed by atoms with Gasteiger partial charge in [0.05, 0.1) is 18.1 Å². The number of hydrogen-bond donors (Lipinski definition) is 0. The fourth-order valence-electron chi connectivity index (χ4n) is 1.65. The monoisotopic (exact) mass is 262 g/mol. The summed E-state index contributed by atoms with van der Waals surface area (Å²) in [5, 5.41) is 0.140. The van der Waals surface area contributed by atoms with Gasteiger partial charge in [-0.05, 0) is 12.1 Å². The van der Waals surface area contributed by atoms with Gasteiger partial charge in [-0.3, -0.25) is 14.4 Å². The van der Waals surface area contributed by atoms with Crippen LogP contribution in [-0.2, 0) is 4.79 Å². The van der Waals surface area contributed by atoms with Crippen LogP contribution in [0.15, 0.2) is 27.6 Å². The van der Waals surface area contributed by atoms with Crippen LogP contribution in [0.4, 0.5) is 0 Å². The van der Waals surface area contributed by atoms with Gasteiger partial charge < -0.3 is 13.9 Å². The molecule has 2 aromatic rings. The number of carbonyl (C=O) groups is 2. The molecule has 0 bridgehead atoms. The van der Waals surface area contributed by atoms with E-state index in [4.69, 9.17) is 13.9 Å². The predicted octanol–water partition coefficient (Wildman–Crippen LogP) is 1.54. The molecule has 0 saturated heterocycles. The highest BCUT2D eigenvalue weighted by Gasteiger charge is 2.17. The molecule has 0 aliphatic carbocycles. The molecule has 1 aromatic heterocycles. The number of ether oxygens (including phenoxy) is 2. The van der Waals surface area contributed by atoms with E-state index in [1.165, 1.54) is 26.2 Å². The minimum atomic E-state index is -0.576. The van der Waals surface area contributed by atoms with Crippen LogP contribution in [0.2, 0.25) is 0 Å². The number of fused-ring (bicyclic) bond motifs is 1. The first-order chi connectivity index (χ1) is 9.08. The molecule has 6 heteroatoms. The van der Waals surface area contributed by atoms with E-state index in [-0.39, 0.29) is 28.0 Å². The number of benzene rings is 1. The molecule has 0 spiro atoms. The molecule has 0 aliphatic rings. The van der Waals surface area contributed by atoms with Crippen molar-refractivity contribution in [3.63, 3.8) is 0 Å². The summed E-state index contributed by atoms with van der Waals surface area (Å²) in [4.78, 5) is 33.7. The Morgan fingerprint density at radius 1 is 1.37 bits per heavy atom. The predicted molar refractivity (Wildman–Crippen MR) is 65.7 cm³/mol. The lowest BCUT2D eigenvalue weighted by molar-refractivity contribution is -0.131. The van der Waals surface area contributed by atoms with Gasteiger partial charge in [0.1, 0.15) is 6.26 Å². The van der Waals surface area contributed by atoms with Crippen molar-refractivity contribution in [2.45, 2.75) is 6.92 Å². The van der Waals surface area contributed by atoms with Crippen LogP contribution in [0.25, 0.3) is 11.0 Å². The summed E-state index contributed by atoms with van der Waals surface area (Å²) >= 11 is 0. The van der Waals surface area contributed by atoms with Crippen LogP contribution in [0, 0.1) is 0 Å². The van der Waals surface area contributed by atoms with Crippen molar-refractivity contribution in [3.8, 4) is 11.5 Å². The van der Waals surface area contributed by atoms with E-state index in [0.717, 1.165) is 6.26 Å². The zero-order valence-electron chi connectivity index (χ0n) is 10.3. The standard InChI is InChI=1S/C13H10O6/c1-7(15)19-13-10(17-2)4-3-9-11(16)8(5-14)6-18-12(9)13/h3-6H,1-2H3. The zero-order chi connectivity index (χ0) is 14.0. The Bertz CT molecular complexity index is 713. The van der Waals surface area contributed by atoms with Crippen molar-refractivity contribution in [2.75, 3.05) is 7.11 Å². The lowest BCUT2D eigenvalue weighted by Crippen LogP contribution is -2.10. The first-order valence-electron chi connectivity index (χ1n) is 5.34. The molecule has 0 amide bonds. The number of rotatable bonds is 3. The summed E-state index contributed by atoms with van der Waals surface area (Å²) in [5.74, 6) is -0.306. The van der Waals surface area contributed by atoms with Crippen molar-refractivity contribution >= 4 is 23.2 Å². The van der Waals surface area contributed by atoms with Gasteiger partial charge in [-0.1, -0.05) is 0 Å². The fourth-order valence-corrected chi connectivity index (χ4v) is 1.65. The molecular weight excluding hydrogens is 252 g/mol. The fraction of sp³-hybridized carbons (Fsp3) is 0.154. The van der Waals surface area contributed by atoms with Crippen LogP contribution >= 0.6 is 0 Å². The SMILES string of the molecule is COc1ccc2c(=O)c(C=O)coc2c1OC(C)=O. The zero-order valence-corrected chi connectivity index (χ0v) is 10.3. The van der Waals surface area contributed by atoms with E-state index in [0.29, 0.717) is 6.29 Å². The van der Waals surface area contributed by atoms with Crippen molar-refractivity contribution < 1.29 is 23.5 Å². The second-order valence-corrected chi connectivity index (χ2v) is 3.71. The van der Waals surface area contributed by atoms with Crippen LogP contribution in [0.5, 0.6) is 11.5 Å². The molecule has 1 aromatic carbocycles. The molecule has 0 atom stereocenters. The Hall–Kier alpha value is -2.63. The highest BCUT2D eigenvalue weighted by Crippen LogP contribution is 2.34. The quantitative estimate of drug-likeness (QED) is 0.474. The maximum atomic E-state index is 11.9. The largest absolute Gasteiger partial charge is 0.493 e. The van der Waals surface area contributed by atoms with Gasteiger partial charge in [0.2, 0.25) is 11.2 Å². The average Bonchev–Trinajstić information content (AvgIpc) is 2.39. The maximum Gasteiger partial charge on any atom is 0.308 e. The topological polar surface area (TPSA) is 82.8 Å². The highest BCUT2D eigenvalue weighted by atomic mass is 16.6.